The van der Waals surface area contributed by atoms with Gasteiger partial charge in [-0.15, -0.1) is 0 Å². The predicted molar refractivity (Wildman–Crippen MR) is 91.9 cm³/mol. The summed E-state index contributed by atoms with van der Waals surface area (Å²) >= 11 is 0. The minimum Gasteiger partial charge on any atom is -0.455 e. The Morgan fingerprint density at radius 2 is 1.83 bits per heavy atom. The largest absolute Gasteiger partial charge is 0.455 e. The molecular weight excluding hydrogens is 284 g/mol. The molecule has 4 aliphatic rings. The van der Waals surface area contributed by atoms with Gasteiger partial charge in [-0.05, 0) is 75.5 Å². The van der Waals surface area contributed by atoms with Crippen LogP contribution in [-0.4, -0.2) is 11.6 Å². The zero-order valence-corrected chi connectivity index (χ0v) is 14.7. The molecule has 0 radical (unpaired) electrons. The summed E-state index contributed by atoms with van der Waals surface area (Å²) in [5, 5.41) is 0. The number of carbonyl (C=O) groups excluding carboxylic acids is 1. The molecule has 0 N–H and O–H groups in total. The van der Waals surface area contributed by atoms with Crippen LogP contribution in [0.15, 0.2) is 12.2 Å². The first-order valence-electron chi connectivity index (χ1n) is 9.91. The summed E-state index contributed by atoms with van der Waals surface area (Å²) in [6, 6.07) is 0. The van der Waals surface area contributed by atoms with Crippen molar-refractivity contribution in [2.24, 2.45) is 23.2 Å². The van der Waals surface area contributed by atoms with Gasteiger partial charge < -0.3 is 4.74 Å². The lowest BCUT2D eigenvalue weighted by Crippen LogP contribution is -2.44. The van der Waals surface area contributed by atoms with Crippen LogP contribution in [0.4, 0.5) is 0 Å². The summed E-state index contributed by atoms with van der Waals surface area (Å²) in [6.45, 7) is 5.63. The Kier molecular flexibility index (Phi) is 3.85. The highest BCUT2D eigenvalue weighted by atomic mass is 16.6. The molecule has 2 heteroatoms. The van der Waals surface area contributed by atoms with Crippen molar-refractivity contribution in [1.82, 2.24) is 0 Å². The maximum Gasteiger partial charge on any atom is 0.333 e. The molecule has 0 amide bonds. The molecule has 0 aliphatic heterocycles. The van der Waals surface area contributed by atoms with E-state index >= 15 is 0 Å². The van der Waals surface area contributed by atoms with Crippen molar-refractivity contribution in [1.29, 1.82) is 0 Å². The average molecular weight is 316 g/mol. The highest BCUT2D eigenvalue weighted by Gasteiger charge is 2.59. The molecule has 0 aromatic heterocycles. The fourth-order valence-corrected chi connectivity index (χ4v) is 6.66. The minimum absolute atomic E-state index is 0.138. The summed E-state index contributed by atoms with van der Waals surface area (Å²) in [4.78, 5) is 12.4. The van der Waals surface area contributed by atoms with Gasteiger partial charge in [-0.3, -0.25) is 0 Å². The Balaban J connectivity index is 1.59. The van der Waals surface area contributed by atoms with Crippen molar-refractivity contribution in [3.05, 3.63) is 12.2 Å². The van der Waals surface area contributed by atoms with Crippen molar-refractivity contribution < 1.29 is 9.53 Å². The Hall–Kier alpha value is -0.790. The van der Waals surface area contributed by atoms with Gasteiger partial charge in [0.05, 0.1) is 0 Å². The lowest BCUT2D eigenvalue weighted by molar-refractivity contribution is -0.165. The molecule has 4 aliphatic carbocycles. The predicted octanol–water partition coefficient (Wildman–Crippen LogP) is 5.42. The first-order chi connectivity index (χ1) is 11.0. The molecular formula is C21H32O2. The highest BCUT2D eigenvalue weighted by Crippen LogP contribution is 2.62. The smallest absolute Gasteiger partial charge is 0.333 e. The van der Waals surface area contributed by atoms with Crippen molar-refractivity contribution in [3.8, 4) is 0 Å². The molecule has 0 saturated heterocycles. The molecule has 4 fully saturated rings. The second kappa shape index (κ2) is 5.63. The summed E-state index contributed by atoms with van der Waals surface area (Å²) in [5.41, 5.74) is 0.889. The number of esters is 1. The average Bonchev–Trinajstić information content (AvgIpc) is 3.24. The summed E-state index contributed by atoms with van der Waals surface area (Å²) in [6.07, 6.45) is 15.9. The number of ether oxygens (including phenoxy) is 1. The lowest BCUT2D eigenvalue weighted by Gasteiger charge is -2.42. The minimum atomic E-state index is -0.160. The summed E-state index contributed by atoms with van der Waals surface area (Å²) in [5.74, 6) is 2.22. The van der Waals surface area contributed by atoms with Gasteiger partial charge in [-0.1, -0.05) is 32.3 Å². The van der Waals surface area contributed by atoms with Crippen LogP contribution in [0.5, 0.6) is 0 Å². The standard InChI is InChI=1S/C21H32O2/c1-15(2)19(22)23-21(18-13-16-6-7-17(18)12-16)11-10-20(14-21)8-4-3-5-9-20/h16-18H,1,3-14H2,2H3. The van der Waals surface area contributed by atoms with Crippen molar-refractivity contribution in [2.75, 3.05) is 0 Å². The van der Waals surface area contributed by atoms with Gasteiger partial charge in [0.1, 0.15) is 5.60 Å². The van der Waals surface area contributed by atoms with E-state index < -0.39 is 0 Å². The zero-order chi connectivity index (χ0) is 16.1. The van der Waals surface area contributed by atoms with Gasteiger partial charge in [0.2, 0.25) is 0 Å². The Bertz CT molecular complexity index is 502. The fraction of sp³-hybridized carbons (Fsp3) is 0.857. The van der Waals surface area contributed by atoms with Gasteiger partial charge in [-0.25, -0.2) is 4.79 Å². The van der Waals surface area contributed by atoms with E-state index in [-0.39, 0.29) is 11.6 Å². The van der Waals surface area contributed by atoms with E-state index in [0.717, 1.165) is 24.7 Å². The molecule has 4 unspecified atom stereocenters. The Labute approximate surface area is 141 Å². The second-order valence-electron chi connectivity index (χ2n) is 9.25. The van der Waals surface area contributed by atoms with E-state index in [1.54, 1.807) is 6.92 Å². The summed E-state index contributed by atoms with van der Waals surface area (Å²) < 4.78 is 6.29. The number of fused-ring (bicyclic) bond motifs is 2. The third kappa shape index (κ3) is 2.66. The fourth-order valence-electron chi connectivity index (χ4n) is 6.66. The first-order valence-corrected chi connectivity index (χ1v) is 9.91. The van der Waals surface area contributed by atoms with Crippen LogP contribution in [0, 0.1) is 23.2 Å². The van der Waals surface area contributed by atoms with Gasteiger partial charge >= 0.3 is 5.97 Å². The van der Waals surface area contributed by atoms with Crippen LogP contribution in [0.1, 0.15) is 84.0 Å². The monoisotopic (exact) mass is 316 g/mol. The normalized spacial score (nSPS) is 41.3. The molecule has 128 valence electrons. The van der Waals surface area contributed by atoms with Gasteiger partial charge in [0.25, 0.3) is 0 Å². The zero-order valence-electron chi connectivity index (χ0n) is 14.7. The van der Waals surface area contributed by atoms with Crippen LogP contribution in [0.2, 0.25) is 0 Å². The lowest BCUT2D eigenvalue weighted by atomic mass is 9.69. The molecule has 0 heterocycles. The van der Waals surface area contributed by atoms with E-state index in [1.165, 1.54) is 64.2 Å². The molecule has 4 rings (SSSR count). The number of rotatable bonds is 3. The molecule has 1 spiro atoms. The van der Waals surface area contributed by atoms with Crippen LogP contribution in [0.25, 0.3) is 0 Å². The molecule has 4 saturated carbocycles. The van der Waals surface area contributed by atoms with Crippen molar-refractivity contribution >= 4 is 5.97 Å². The molecule has 23 heavy (non-hydrogen) atoms. The highest BCUT2D eigenvalue weighted by molar-refractivity contribution is 5.87. The number of hydrogen-bond acceptors (Lipinski definition) is 2. The number of hydrogen-bond donors (Lipinski definition) is 0. The second-order valence-corrected chi connectivity index (χ2v) is 9.25. The maximum absolute atomic E-state index is 12.4. The van der Waals surface area contributed by atoms with Crippen molar-refractivity contribution in [3.63, 3.8) is 0 Å². The van der Waals surface area contributed by atoms with E-state index in [9.17, 15) is 4.79 Å². The van der Waals surface area contributed by atoms with E-state index in [0.29, 0.717) is 16.9 Å². The SMILES string of the molecule is C=C(C)C(=O)OC1(C2CC3CCC2C3)CCC2(CCCCC2)C1. The van der Waals surface area contributed by atoms with Gasteiger partial charge in [0, 0.05) is 11.5 Å². The Morgan fingerprint density at radius 3 is 2.43 bits per heavy atom. The molecule has 2 nitrogen and oxygen atoms in total. The van der Waals surface area contributed by atoms with Gasteiger partial charge in [-0.2, -0.15) is 0 Å². The maximum atomic E-state index is 12.4. The number of carbonyl (C=O) groups is 1. The van der Waals surface area contributed by atoms with Gasteiger partial charge in [0.15, 0.2) is 0 Å². The van der Waals surface area contributed by atoms with Crippen LogP contribution < -0.4 is 0 Å². The first kappa shape index (κ1) is 15.7. The molecule has 0 aromatic carbocycles. The van der Waals surface area contributed by atoms with E-state index in [1.807, 2.05) is 0 Å². The van der Waals surface area contributed by atoms with E-state index in [4.69, 9.17) is 4.74 Å². The van der Waals surface area contributed by atoms with Crippen LogP contribution >= 0.6 is 0 Å². The third-order valence-corrected chi connectivity index (χ3v) is 7.73. The van der Waals surface area contributed by atoms with Crippen molar-refractivity contribution in [2.45, 2.75) is 89.6 Å². The topological polar surface area (TPSA) is 26.3 Å². The van der Waals surface area contributed by atoms with Crippen LogP contribution in [0.3, 0.4) is 0 Å². The Morgan fingerprint density at radius 1 is 1.04 bits per heavy atom. The summed E-state index contributed by atoms with van der Waals surface area (Å²) in [7, 11) is 0. The molecule has 0 aromatic rings. The van der Waals surface area contributed by atoms with Crippen LogP contribution in [-0.2, 0) is 9.53 Å². The molecule has 4 atom stereocenters. The quantitative estimate of drug-likeness (QED) is 0.513. The third-order valence-electron chi connectivity index (χ3n) is 7.73. The van der Waals surface area contributed by atoms with E-state index in [2.05, 4.69) is 6.58 Å². The molecule has 2 bridgehead atoms.